The number of hydrogen-bond acceptors (Lipinski definition) is 5. The Labute approximate surface area is 149 Å². The SMILES string of the molecule is COc1cc(C2CCCN(C(=O)OC(C)(C)C)C2)c(OC)cc1C#N. The van der Waals surface area contributed by atoms with E-state index >= 15 is 0 Å². The van der Waals surface area contributed by atoms with Gasteiger partial charge in [-0.25, -0.2) is 4.79 Å². The summed E-state index contributed by atoms with van der Waals surface area (Å²) in [6, 6.07) is 5.66. The van der Waals surface area contributed by atoms with Crippen molar-refractivity contribution >= 4 is 6.09 Å². The predicted molar refractivity (Wildman–Crippen MR) is 94.0 cm³/mol. The van der Waals surface area contributed by atoms with Crippen molar-refractivity contribution in [3.05, 3.63) is 23.3 Å². The van der Waals surface area contributed by atoms with Gasteiger partial charge in [-0.1, -0.05) is 0 Å². The van der Waals surface area contributed by atoms with Crippen molar-refractivity contribution in [1.29, 1.82) is 5.26 Å². The summed E-state index contributed by atoms with van der Waals surface area (Å²) in [5, 5.41) is 9.24. The molecule has 1 aliphatic heterocycles. The first-order valence-electron chi connectivity index (χ1n) is 8.43. The van der Waals surface area contributed by atoms with Gasteiger partial charge >= 0.3 is 6.09 Å². The molecule has 2 rings (SSSR count). The van der Waals surface area contributed by atoms with Crippen LogP contribution in [0.5, 0.6) is 11.5 Å². The molecule has 1 heterocycles. The fraction of sp³-hybridized carbons (Fsp3) is 0.579. The summed E-state index contributed by atoms with van der Waals surface area (Å²) in [5.41, 5.74) is 0.869. The van der Waals surface area contributed by atoms with Gasteiger partial charge in [-0.2, -0.15) is 5.26 Å². The third-order valence-corrected chi connectivity index (χ3v) is 4.19. The average Bonchev–Trinajstić information content (AvgIpc) is 2.59. The molecule has 1 unspecified atom stereocenters. The van der Waals surface area contributed by atoms with Crippen LogP contribution in [0.3, 0.4) is 0 Å². The number of carbonyl (C=O) groups excluding carboxylic acids is 1. The molecule has 0 aliphatic carbocycles. The summed E-state index contributed by atoms with van der Waals surface area (Å²) in [6.07, 6.45) is 1.52. The molecule has 1 aromatic carbocycles. The Morgan fingerprint density at radius 3 is 2.48 bits per heavy atom. The third kappa shape index (κ3) is 4.56. The lowest BCUT2D eigenvalue weighted by Crippen LogP contribution is -2.42. The molecule has 0 aromatic heterocycles. The van der Waals surface area contributed by atoms with Crippen LogP contribution in [0.25, 0.3) is 0 Å². The third-order valence-electron chi connectivity index (χ3n) is 4.19. The normalized spacial score (nSPS) is 17.6. The monoisotopic (exact) mass is 346 g/mol. The highest BCUT2D eigenvalue weighted by Crippen LogP contribution is 2.37. The molecule has 6 heteroatoms. The van der Waals surface area contributed by atoms with E-state index in [0.717, 1.165) is 18.4 Å². The summed E-state index contributed by atoms with van der Waals surface area (Å²) in [7, 11) is 3.13. The van der Waals surface area contributed by atoms with E-state index in [1.165, 1.54) is 0 Å². The van der Waals surface area contributed by atoms with Crippen LogP contribution >= 0.6 is 0 Å². The van der Waals surface area contributed by atoms with E-state index in [1.807, 2.05) is 26.8 Å². The summed E-state index contributed by atoms with van der Waals surface area (Å²) in [5.74, 6) is 1.28. The highest BCUT2D eigenvalue weighted by molar-refractivity contribution is 5.68. The Morgan fingerprint density at radius 2 is 1.92 bits per heavy atom. The van der Waals surface area contributed by atoms with Crippen molar-refractivity contribution < 1.29 is 19.0 Å². The van der Waals surface area contributed by atoms with Crippen molar-refractivity contribution in [3.63, 3.8) is 0 Å². The van der Waals surface area contributed by atoms with E-state index in [1.54, 1.807) is 25.2 Å². The van der Waals surface area contributed by atoms with Crippen molar-refractivity contribution in [2.24, 2.45) is 0 Å². The second kappa shape index (κ2) is 7.64. The van der Waals surface area contributed by atoms with Crippen LogP contribution < -0.4 is 9.47 Å². The van der Waals surface area contributed by atoms with Crippen LogP contribution in [0.1, 0.15) is 50.7 Å². The molecule has 1 amide bonds. The van der Waals surface area contributed by atoms with E-state index in [-0.39, 0.29) is 12.0 Å². The van der Waals surface area contributed by atoms with E-state index < -0.39 is 5.60 Å². The first-order valence-corrected chi connectivity index (χ1v) is 8.43. The average molecular weight is 346 g/mol. The quantitative estimate of drug-likeness (QED) is 0.834. The molecule has 1 aromatic rings. The standard InChI is InChI=1S/C19H26N2O4/c1-19(2,3)25-18(22)21-8-6-7-13(12-21)15-10-16(23-4)14(11-20)9-17(15)24-5/h9-10,13H,6-8,12H2,1-5H3. The molecule has 0 radical (unpaired) electrons. The molecule has 0 bridgehead atoms. The number of piperidine rings is 1. The molecule has 0 N–H and O–H groups in total. The number of rotatable bonds is 3. The van der Waals surface area contributed by atoms with Crippen LogP contribution in [0.15, 0.2) is 12.1 Å². The van der Waals surface area contributed by atoms with Gasteiger partial charge in [0.2, 0.25) is 0 Å². The molecule has 0 saturated carbocycles. The lowest BCUT2D eigenvalue weighted by atomic mass is 9.89. The van der Waals surface area contributed by atoms with Crippen LogP contribution in [0.2, 0.25) is 0 Å². The van der Waals surface area contributed by atoms with Gasteiger partial charge in [0.1, 0.15) is 23.2 Å². The summed E-state index contributed by atoms with van der Waals surface area (Å²) in [6.45, 7) is 6.82. The maximum Gasteiger partial charge on any atom is 0.410 e. The Morgan fingerprint density at radius 1 is 1.24 bits per heavy atom. The summed E-state index contributed by atoms with van der Waals surface area (Å²) in [4.78, 5) is 14.1. The molecule has 1 aliphatic rings. The molecule has 0 spiro atoms. The van der Waals surface area contributed by atoms with Crippen LogP contribution in [0.4, 0.5) is 4.79 Å². The maximum atomic E-state index is 12.4. The molecule has 1 atom stereocenters. The van der Waals surface area contributed by atoms with Gasteiger partial charge in [0.05, 0.1) is 19.8 Å². The van der Waals surface area contributed by atoms with Gasteiger partial charge in [0.25, 0.3) is 0 Å². The number of methoxy groups -OCH3 is 2. The Bertz CT molecular complexity index is 673. The van der Waals surface area contributed by atoms with Crippen LogP contribution in [-0.4, -0.2) is 43.9 Å². The molecule has 1 fully saturated rings. The van der Waals surface area contributed by atoms with E-state index in [4.69, 9.17) is 14.2 Å². The minimum absolute atomic E-state index is 0.109. The number of carbonyl (C=O) groups is 1. The van der Waals surface area contributed by atoms with Gasteiger partial charge in [-0.05, 0) is 39.7 Å². The number of hydrogen-bond donors (Lipinski definition) is 0. The van der Waals surface area contributed by atoms with Gasteiger partial charge in [-0.15, -0.1) is 0 Å². The highest BCUT2D eigenvalue weighted by Gasteiger charge is 2.30. The number of likely N-dealkylation sites (tertiary alicyclic amines) is 1. The number of nitrogens with zero attached hydrogens (tertiary/aromatic N) is 2. The predicted octanol–water partition coefficient (Wildman–Crippen LogP) is 3.69. The second-order valence-electron chi connectivity index (χ2n) is 7.17. The van der Waals surface area contributed by atoms with E-state index in [9.17, 15) is 10.1 Å². The van der Waals surface area contributed by atoms with E-state index in [0.29, 0.717) is 30.2 Å². The van der Waals surface area contributed by atoms with Gasteiger partial charge in [0.15, 0.2) is 0 Å². The minimum Gasteiger partial charge on any atom is -0.496 e. The van der Waals surface area contributed by atoms with Gasteiger partial charge < -0.3 is 19.1 Å². The summed E-state index contributed by atoms with van der Waals surface area (Å²) >= 11 is 0. The van der Waals surface area contributed by atoms with Crippen molar-refractivity contribution in [1.82, 2.24) is 4.90 Å². The lowest BCUT2D eigenvalue weighted by molar-refractivity contribution is 0.0197. The lowest BCUT2D eigenvalue weighted by Gasteiger charge is -2.34. The first kappa shape index (κ1) is 18.9. The topological polar surface area (TPSA) is 71.8 Å². The van der Waals surface area contributed by atoms with Crippen LogP contribution in [0, 0.1) is 11.3 Å². The second-order valence-corrected chi connectivity index (χ2v) is 7.17. The fourth-order valence-electron chi connectivity index (χ4n) is 3.05. The molecule has 136 valence electrons. The maximum absolute atomic E-state index is 12.4. The number of amides is 1. The molecule has 1 saturated heterocycles. The fourth-order valence-corrected chi connectivity index (χ4v) is 3.05. The van der Waals surface area contributed by atoms with Crippen molar-refractivity contribution in [2.75, 3.05) is 27.3 Å². The Hall–Kier alpha value is -2.42. The van der Waals surface area contributed by atoms with Gasteiger partial charge in [-0.3, -0.25) is 0 Å². The summed E-state index contributed by atoms with van der Waals surface area (Å²) < 4.78 is 16.3. The molecular weight excluding hydrogens is 320 g/mol. The zero-order valence-corrected chi connectivity index (χ0v) is 15.6. The highest BCUT2D eigenvalue weighted by atomic mass is 16.6. The molecule has 25 heavy (non-hydrogen) atoms. The molecule has 6 nitrogen and oxygen atoms in total. The minimum atomic E-state index is -0.515. The Balaban J connectivity index is 2.26. The van der Waals surface area contributed by atoms with Crippen LogP contribution in [-0.2, 0) is 4.74 Å². The Kier molecular flexibility index (Phi) is 5.78. The van der Waals surface area contributed by atoms with Gasteiger partial charge in [0, 0.05) is 30.6 Å². The zero-order chi connectivity index (χ0) is 18.6. The van der Waals surface area contributed by atoms with Crippen molar-refractivity contribution in [3.8, 4) is 17.6 Å². The smallest absolute Gasteiger partial charge is 0.410 e. The first-order chi connectivity index (χ1) is 11.8. The van der Waals surface area contributed by atoms with E-state index in [2.05, 4.69) is 6.07 Å². The number of nitriles is 1. The molecular formula is C19H26N2O4. The number of ether oxygens (including phenoxy) is 3. The zero-order valence-electron chi connectivity index (χ0n) is 15.6. The van der Waals surface area contributed by atoms with Crippen molar-refractivity contribution in [2.45, 2.75) is 45.1 Å². The largest absolute Gasteiger partial charge is 0.496 e. The number of benzene rings is 1.